The first-order chi connectivity index (χ1) is 11.2. The van der Waals surface area contributed by atoms with E-state index in [1.54, 1.807) is 19.9 Å². The van der Waals surface area contributed by atoms with Crippen molar-refractivity contribution in [3.8, 4) is 0 Å². The van der Waals surface area contributed by atoms with Crippen LogP contribution in [-0.2, 0) is 6.18 Å². The summed E-state index contributed by atoms with van der Waals surface area (Å²) in [4.78, 5) is 11.6. The van der Waals surface area contributed by atoms with Gasteiger partial charge in [0.15, 0.2) is 0 Å². The van der Waals surface area contributed by atoms with Crippen LogP contribution in [0.15, 0.2) is 6.07 Å². The Morgan fingerprint density at radius 1 is 1.21 bits per heavy atom. The van der Waals surface area contributed by atoms with Crippen molar-refractivity contribution < 1.29 is 18.3 Å². The van der Waals surface area contributed by atoms with E-state index in [9.17, 15) is 18.3 Å². The molecule has 24 heavy (non-hydrogen) atoms. The van der Waals surface area contributed by atoms with Crippen LogP contribution in [0.25, 0.3) is 5.78 Å². The second kappa shape index (κ2) is 6.17. The topological polar surface area (TPSA) is 69.8 Å². The van der Waals surface area contributed by atoms with Crippen molar-refractivity contribution in [1.82, 2.24) is 24.5 Å². The van der Waals surface area contributed by atoms with E-state index in [-0.39, 0.29) is 5.78 Å². The minimum absolute atomic E-state index is 0.0521. The third kappa shape index (κ3) is 3.44. The molecule has 0 aromatic carbocycles. The van der Waals surface area contributed by atoms with Crippen LogP contribution >= 0.6 is 0 Å². The highest BCUT2D eigenvalue weighted by Crippen LogP contribution is 2.28. The Balaban J connectivity index is 1.88. The van der Waals surface area contributed by atoms with Crippen molar-refractivity contribution in [2.75, 3.05) is 37.6 Å². The van der Waals surface area contributed by atoms with Crippen molar-refractivity contribution in [2.45, 2.75) is 26.1 Å². The lowest BCUT2D eigenvalue weighted by Crippen LogP contribution is -2.48. The van der Waals surface area contributed by atoms with Crippen LogP contribution in [0.4, 0.5) is 19.0 Å². The summed E-state index contributed by atoms with van der Waals surface area (Å²) in [7, 11) is 0. The summed E-state index contributed by atoms with van der Waals surface area (Å²) in [5, 5.41) is 13.0. The fourth-order valence-corrected chi connectivity index (χ4v) is 2.85. The van der Waals surface area contributed by atoms with Crippen molar-refractivity contribution >= 4 is 11.6 Å². The van der Waals surface area contributed by atoms with Gasteiger partial charge in [-0.05, 0) is 13.8 Å². The van der Waals surface area contributed by atoms with Gasteiger partial charge >= 0.3 is 6.18 Å². The highest BCUT2D eigenvalue weighted by atomic mass is 19.4. The van der Waals surface area contributed by atoms with Gasteiger partial charge in [0.1, 0.15) is 5.82 Å². The molecular weight excluding hydrogens is 325 g/mol. The Labute approximate surface area is 136 Å². The largest absolute Gasteiger partial charge is 0.453 e. The monoisotopic (exact) mass is 344 g/mol. The first-order valence-corrected chi connectivity index (χ1v) is 7.71. The van der Waals surface area contributed by atoms with Crippen LogP contribution in [-0.4, -0.2) is 68.4 Å². The maximum atomic E-state index is 12.9. The second-order valence-corrected chi connectivity index (χ2v) is 6.04. The number of anilines is 1. The number of rotatable bonds is 3. The highest BCUT2D eigenvalue weighted by molar-refractivity contribution is 5.48. The number of nitrogens with zero attached hydrogens (tertiary/aromatic N) is 6. The van der Waals surface area contributed by atoms with E-state index >= 15 is 0 Å². The zero-order valence-corrected chi connectivity index (χ0v) is 13.5. The average molecular weight is 344 g/mol. The molecule has 0 unspecified atom stereocenters. The maximum Gasteiger partial charge on any atom is 0.453 e. The van der Waals surface area contributed by atoms with E-state index < -0.39 is 18.1 Å². The number of piperazine rings is 1. The molecule has 132 valence electrons. The molecule has 0 spiro atoms. The Bertz CT molecular complexity index is 721. The van der Waals surface area contributed by atoms with E-state index in [1.807, 2.05) is 4.90 Å². The fraction of sp³-hybridized carbons (Fsp3) is 0.643. The lowest BCUT2D eigenvalue weighted by atomic mass is 10.2. The molecule has 0 radical (unpaired) electrons. The van der Waals surface area contributed by atoms with E-state index in [2.05, 4.69) is 20.0 Å². The number of alkyl halides is 3. The highest BCUT2D eigenvalue weighted by Gasteiger charge is 2.37. The molecule has 1 saturated heterocycles. The van der Waals surface area contributed by atoms with Crippen LogP contribution in [0.5, 0.6) is 0 Å². The standard InChI is InChI=1S/C14H19F3N6O/c1-9-7-11(22-5-3-21(4-6-22)8-10(2)24)23-13(18-9)19-12(20-23)14(15,16)17/h7,10,24H,3-6,8H2,1-2H3/t10-/m0/s1. The van der Waals surface area contributed by atoms with Crippen LogP contribution < -0.4 is 4.90 Å². The minimum atomic E-state index is -4.60. The normalized spacial score (nSPS) is 18.3. The third-order valence-corrected chi connectivity index (χ3v) is 3.89. The molecule has 1 N–H and O–H groups in total. The predicted molar refractivity (Wildman–Crippen MR) is 80.9 cm³/mol. The summed E-state index contributed by atoms with van der Waals surface area (Å²) in [6.07, 6.45) is -5.01. The molecule has 1 aliphatic heterocycles. The summed E-state index contributed by atoms with van der Waals surface area (Å²) >= 11 is 0. The summed E-state index contributed by atoms with van der Waals surface area (Å²) in [6.45, 7) is 6.73. The molecule has 1 atom stereocenters. The summed E-state index contributed by atoms with van der Waals surface area (Å²) < 4.78 is 39.7. The number of hydrogen-bond acceptors (Lipinski definition) is 6. The number of aliphatic hydroxyl groups excluding tert-OH is 1. The van der Waals surface area contributed by atoms with Crippen molar-refractivity contribution in [1.29, 1.82) is 0 Å². The Hall–Kier alpha value is -1.94. The van der Waals surface area contributed by atoms with Gasteiger partial charge in [0, 0.05) is 44.5 Å². The summed E-state index contributed by atoms with van der Waals surface area (Å²) in [6, 6.07) is 1.71. The molecule has 0 amide bonds. The van der Waals surface area contributed by atoms with E-state index in [1.165, 1.54) is 0 Å². The van der Waals surface area contributed by atoms with Gasteiger partial charge in [0.05, 0.1) is 6.10 Å². The first kappa shape index (κ1) is 16.9. The molecule has 0 bridgehead atoms. The molecule has 3 rings (SSSR count). The first-order valence-electron chi connectivity index (χ1n) is 7.71. The number of aryl methyl sites for hydroxylation is 1. The molecular formula is C14H19F3N6O. The molecule has 3 heterocycles. The maximum absolute atomic E-state index is 12.9. The number of halogens is 3. The molecule has 2 aromatic rings. The molecule has 10 heteroatoms. The zero-order chi connectivity index (χ0) is 17.5. The molecule has 2 aromatic heterocycles. The quantitative estimate of drug-likeness (QED) is 0.894. The predicted octanol–water partition coefficient (Wildman–Crippen LogP) is 0.954. The minimum Gasteiger partial charge on any atom is -0.392 e. The van der Waals surface area contributed by atoms with Crippen LogP contribution in [0.1, 0.15) is 18.4 Å². The number of hydrogen-bond donors (Lipinski definition) is 1. The average Bonchev–Trinajstić information content (AvgIpc) is 2.90. The SMILES string of the molecule is Cc1cc(N2CCN(C[C@H](C)O)CC2)n2nc(C(F)(F)F)nc2n1. The van der Waals surface area contributed by atoms with Gasteiger partial charge < -0.3 is 10.0 Å². The Kier molecular flexibility index (Phi) is 4.35. The lowest BCUT2D eigenvalue weighted by molar-refractivity contribution is -0.144. The number of β-amino-alcohol motifs (C(OH)–C–C–N with tert-alkyl or cyclic N) is 1. The smallest absolute Gasteiger partial charge is 0.392 e. The van der Waals surface area contributed by atoms with E-state index in [0.29, 0.717) is 44.2 Å². The van der Waals surface area contributed by atoms with Crippen LogP contribution in [0.3, 0.4) is 0 Å². The number of fused-ring (bicyclic) bond motifs is 1. The molecule has 1 fully saturated rings. The third-order valence-electron chi connectivity index (χ3n) is 3.89. The molecule has 0 saturated carbocycles. The number of aliphatic hydroxyl groups is 1. The van der Waals surface area contributed by atoms with Crippen molar-refractivity contribution in [2.24, 2.45) is 0 Å². The second-order valence-electron chi connectivity index (χ2n) is 6.04. The van der Waals surface area contributed by atoms with Gasteiger partial charge in [0.2, 0.25) is 0 Å². The van der Waals surface area contributed by atoms with Gasteiger partial charge in [0.25, 0.3) is 11.6 Å². The van der Waals surface area contributed by atoms with E-state index in [4.69, 9.17) is 0 Å². The van der Waals surface area contributed by atoms with Gasteiger partial charge in [-0.1, -0.05) is 0 Å². The Morgan fingerprint density at radius 2 is 1.88 bits per heavy atom. The van der Waals surface area contributed by atoms with Gasteiger partial charge in [-0.3, -0.25) is 4.90 Å². The van der Waals surface area contributed by atoms with Crippen LogP contribution in [0.2, 0.25) is 0 Å². The summed E-state index contributed by atoms with van der Waals surface area (Å²) in [5.74, 6) is -0.685. The number of aromatic nitrogens is 4. The fourth-order valence-electron chi connectivity index (χ4n) is 2.85. The van der Waals surface area contributed by atoms with Gasteiger partial charge in [-0.15, -0.1) is 5.10 Å². The Morgan fingerprint density at radius 3 is 2.46 bits per heavy atom. The lowest BCUT2D eigenvalue weighted by Gasteiger charge is -2.36. The van der Waals surface area contributed by atoms with Crippen molar-refractivity contribution in [3.05, 3.63) is 17.6 Å². The summed E-state index contributed by atoms with van der Waals surface area (Å²) in [5.41, 5.74) is 0.588. The van der Waals surface area contributed by atoms with Gasteiger partial charge in [-0.2, -0.15) is 22.7 Å². The molecule has 0 aliphatic carbocycles. The van der Waals surface area contributed by atoms with Crippen LogP contribution in [0, 0.1) is 6.92 Å². The van der Waals surface area contributed by atoms with Gasteiger partial charge in [-0.25, -0.2) is 4.98 Å². The van der Waals surface area contributed by atoms with E-state index in [0.717, 1.165) is 4.52 Å². The van der Waals surface area contributed by atoms with Crippen molar-refractivity contribution in [3.63, 3.8) is 0 Å². The zero-order valence-electron chi connectivity index (χ0n) is 13.5. The molecule has 7 nitrogen and oxygen atoms in total. The molecule has 1 aliphatic rings.